The quantitative estimate of drug-likeness (QED) is 0.221. The Labute approximate surface area is 234 Å². The van der Waals surface area contributed by atoms with Crippen LogP contribution < -0.4 is 4.83 Å². The van der Waals surface area contributed by atoms with Gasteiger partial charge in [-0.15, -0.1) is 4.83 Å². The normalized spacial score (nSPS) is 16.8. The van der Waals surface area contributed by atoms with E-state index in [1.807, 2.05) is 0 Å². The molecule has 2 atom stereocenters. The van der Waals surface area contributed by atoms with Crippen LogP contribution in [0.15, 0.2) is 48.5 Å². The molecule has 17 heteroatoms. The summed E-state index contributed by atoms with van der Waals surface area (Å²) in [6, 6.07) is 10.4. The minimum Gasteiger partial charge on any atom is -0.445 e. The Bertz CT molecular complexity index is 1340. The van der Waals surface area contributed by atoms with E-state index >= 15 is 0 Å². The molecule has 2 amide bonds. The van der Waals surface area contributed by atoms with Crippen LogP contribution in [0.5, 0.6) is 0 Å². The van der Waals surface area contributed by atoms with Crippen LogP contribution in [0, 0.1) is 20.2 Å². The number of hydrazine groups is 1. The molecular weight excluding hydrogens is 570 g/mol. The molecule has 3 rings (SSSR count). The first-order chi connectivity index (χ1) is 18.8. The molecule has 1 fully saturated rings. The number of hydrogen-bond acceptors (Lipinski definition) is 11. The van der Waals surface area contributed by atoms with Gasteiger partial charge in [-0.2, -0.15) is 12.6 Å². The third-order valence-electron chi connectivity index (χ3n) is 5.83. The van der Waals surface area contributed by atoms with Crippen molar-refractivity contribution >= 4 is 46.2 Å². The molecule has 0 aromatic heterocycles. The lowest BCUT2D eigenvalue weighted by atomic mass is 10.1. The molecule has 2 aromatic carbocycles. The average Bonchev–Trinajstić information content (AvgIpc) is 3.28. The molecule has 216 valence electrons. The van der Waals surface area contributed by atoms with Crippen molar-refractivity contribution in [3.63, 3.8) is 0 Å². The molecular formula is C23H27N5O10S2. The molecule has 0 bridgehead atoms. The zero-order valence-electron chi connectivity index (χ0n) is 21.2. The standard InChI is InChI=1S/C23H27N5O10S2/c1-40(35,36)24-26(23(30)38-15-17-4-8-19(9-5-17)28(33)34)11-10-20-12-21(39)13-25(20)22(29)37-14-16-2-6-18(7-3-16)27(31)32/h2-9,20-21,24,39H,10-15H2,1H3. The van der Waals surface area contributed by atoms with Crippen molar-refractivity contribution in [3.8, 4) is 0 Å². The van der Waals surface area contributed by atoms with Crippen molar-refractivity contribution in [1.82, 2.24) is 14.7 Å². The van der Waals surface area contributed by atoms with Crippen molar-refractivity contribution < 1.29 is 37.3 Å². The van der Waals surface area contributed by atoms with Gasteiger partial charge in [-0.3, -0.25) is 20.2 Å². The Balaban J connectivity index is 1.59. The number of thiol groups is 1. The highest BCUT2D eigenvalue weighted by Crippen LogP contribution is 2.26. The molecule has 0 radical (unpaired) electrons. The largest absolute Gasteiger partial charge is 0.445 e. The molecule has 2 aromatic rings. The molecule has 1 N–H and O–H groups in total. The first-order valence-electron chi connectivity index (χ1n) is 11.8. The van der Waals surface area contributed by atoms with Gasteiger partial charge in [-0.1, -0.05) is 0 Å². The van der Waals surface area contributed by atoms with E-state index in [9.17, 15) is 38.2 Å². The van der Waals surface area contributed by atoms with E-state index in [0.29, 0.717) is 17.5 Å². The van der Waals surface area contributed by atoms with Gasteiger partial charge in [-0.05, 0) is 48.2 Å². The molecule has 40 heavy (non-hydrogen) atoms. The molecule has 1 aliphatic heterocycles. The summed E-state index contributed by atoms with van der Waals surface area (Å²) in [6.45, 7) is -0.267. The maximum Gasteiger partial charge on any atom is 0.425 e. The fraction of sp³-hybridized carbons (Fsp3) is 0.391. The zero-order chi connectivity index (χ0) is 29.4. The van der Waals surface area contributed by atoms with Crippen LogP contribution in [0.2, 0.25) is 0 Å². The van der Waals surface area contributed by atoms with Crippen LogP contribution >= 0.6 is 12.6 Å². The molecule has 15 nitrogen and oxygen atoms in total. The summed E-state index contributed by atoms with van der Waals surface area (Å²) in [5.41, 5.74) is 0.779. The van der Waals surface area contributed by atoms with Gasteiger partial charge in [0.15, 0.2) is 0 Å². The van der Waals surface area contributed by atoms with Crippen molar-refractivity contribution in [2.45, 2.75) is 37.3 Å². The van der Waals surface area contributed by atoms with Crippen molar-refractivity contribution in [2.75, 3.05) is 19.3 Å². The number of rotatable bonds is 11. The molecule has 0 spiro atoms. The number of benzene rings is 2. The maximum atomic E-state index is 12.8. The topological polar surface area (TPSA) is 192 Å². The van der Waals surface area contributed by atoms with E-state index in [1.54, 1.807) is 0 Å². The molecule has 1 heterocycles. The second-order valence-corrected chi connectivity index (χ2v) is 11.4. The van der Waals surface area contributed by atoms with Crippen LogP contribution in [-0.2, 0) is 32.7 Å². The number of nitrogens with one attached hydrogen (secondary N) is 1. The summed E-state index contributed by atoms with van der Waals surface area (Å²) in [6.07, 6.45) is -0.163. The fourth-order valence-corrected chi connectivity index (χ4v) is 4.91. The highest BCUT2D eigenvalue weighted by Gasteiger charge is 2.35. The van der Waals surface area contributed by atoms with Crippen LogP contribution in [0.4, 0.5) is 21.0 Å². The average molecular weight is 598 g/mol. The maximum absolute atomic E-state index is 12.8. The smallest absolute Gasteiger partial charge is 0.425 e. The number of non-ortho nitro benzene ring substituents is 2. The lowest BCUT2D eigenvalue weighted by molar-refractivity contribution is -0.385. The van der Waals surface area contributed by atoms with Crippen molar-refractivity contribution in [3.05, 3.63) is 79.9 Å². The SMILES string of the molecule is CS(=O)(=O)NN(CCC1CC(S)CN1C(=O)OCc1ccc([N+](=O)[O-])cc1)C(=O)OCc1ccc([N+](=O)[O-])cc1. The molecule has 1 saturated heterocycles. The van der Waals surface area contributed by atoms with E-state index in [-0.39, 0.29) is 49.3 Å². The van der Waals surface area contributed by atoms with Gasteiger partial charge in [0.25, 0.3) is 11.4 Å². The number of ether oxygens (including phenoxy) is 2. The summed E-state index contributed by atoms with van der Waals surface area (Å²) in [7, 11) is -3.86. The third-order valence-corrected chi connectivity index (χ3v) is 6.75. The van der Waals surface area contributed by atoms with Gasteiger partial charge in [0, 0.05) is 48.6 Å². The number of likely N-dealkylation sites (tertiary alicyclic amines) is 1. The summed E-state index contributed by atoms with van der Waals surface area (Å²) in [4.78, 5) is 49.5. The molecule has 0 aliphatic carbocycles. The fourth-order valence-electron chi connectivity index (χ4n) is 3.92. The van der Waals surface area contributed by atoms with E-state index in [1.165, 1.54) is 53.4 Å². The Morgan fingerprint density at radius 2 is 1.50 bits per heavy atom. The molecule has 1 aliphatic rings. The van der Waals surface area contributed by atoms with Crippen LogP contribution in [-0.4, -0.2) is 71.0 Å². The summed E-state index contributed by atoms with van der Waals surface area (Å²) < 4.78 is 34.3. The number of carbonyl (C=O) groups is 2. The van der Waals surface area contributed by atoms with E-state index in [2.05, 4.69) is 17.5 Å². The lowest BCUT2D eigenvalue weighted by Crippen LogP contribution is -2.48. The Morgan fingerprint density at radius 1 is 1.00 bits per heavy atom. The lowest BCUT2D eigenvalue weighted by Gasteiger charge is -2.27. The van der Waals surface area contributed by atoms with Crippen molar-refractivity contribution in [2.24, 2.45) is 0 Å². The summed E-state index contributed by atoms with van der Waals surface area (Å²) in [5.74, 6) is 0. The monoisotopic (exact) mass is 597 g/mol. The van der Waals surface area contributed by atoms with Crippen LogP contribution in [0.3, 0.4) is 0 Å². The second kappa shape index (κ2) is 13.4. The predicted octanol–water partition coefficient (Wildman–Crippen LogP) is 3.01. The van der Waals surface area contributed by atoms with Gasteiger partial charge >= 0.3 is 12.2 Å². The first kappa shape index (κ1) is 30.6. The minimum atomic E-state index is -3.86. The van der Waals surface area contributed by atoms with Gasteiger partial charge in [-0.25, -0.2) is 23.0 Å². The first-order valence-corrected chi connectivity index (χ1v) is 14.2. The summed E-state index contributed by atoms with van der Waals surface area (Å²) in [5, 5.41) is 22.2. The van der Waals surface area contributed by atoms with Gasteiger partial charge in [0.05, 0.1) is 16.1 Å². The number of hydrogen-bond donors (Lipinski definition) is 2. The van der Waals surface area contributed by atoms with E-state index in [0.717, 1.165) is 11.3 Å². The predicted molar refractivity (Wildman–Crippen MR) is 144 cm³/mol. The van der Waals surface area contributed by atoms with Crippen LogP contribution in [0.25, 0.3) is 0 Å². The number of nitro groups is 2. The van der Waals surface area contributed by atoms with Crippen molar-refractivity contribution in [1.29, 1.82) is 0 Å². The Morgan fingerprint density at radius 3 is 1.98 bits per heavy atom. The van der Waals surface area contributed by atoms with Gasteiger partial charge in [0.1, 0.15) is 13.2 Å². The number of amides is 2. The summed E-state index contributed by atoms with van der Waals surface area (Å²) >= 11 is 4.45. The highest BCUT2D eigenvalue weighted by atomic mass is 32.2. The van der Waals surface area contributed by atoms with Gasteiger partial charge < -0.3 is 14.4 Å². The number of nitrogens with zero attached hydrogens (tertiary/aromatic N) is 4. The van der Waals surface area contributed by atoms with E-state index < -0.39 is 38.1 Å². The zero-order valence-corrected chi connectivity index (χ0v) is 23.0. The Hall–Kier alpha value is -3.96. The van der Waals surface area contributed by atoms with Gasteiger partial charge in [0.2, 0.25) is 10.0 Å². The number of sulfonamides is 1. The van der Waals surface area contributed by atoms with E-state index in [4.69, 9.17) is 9.47 Å². The number of carbonyl (C=O) groups excluding carboxylic acids is 2. The van der Waals surface area contributed by atoms with Crippen LogP contribution in [0.1, 0.15) is 24.0 Å². The highest BCUT2D eigenvalue weighted by molar-refractivity contribution is 7.88. The second-order valence-electron chi connectivity index (χ2n) is 8.96. The minimum absolute atomic E-state index is 0.0915. The third kappa shape index (κ3) is 9.06. The molecule has 2 unspecified atom stereocenters. The Kier molecular flexibility index (Phi) is 10.2. The molecule has 0 saturated carbocycles. The number of nitro benzene ring substituents is 2.